The van der Waals surface area contributed by atoms with Crippen LogP contribution in [0, 0.1) is 0 Å². The van der Waals surface area contributed by atoms with E-state index in [0.717, 1.165) is 16.4 Å². The van der Waals surface area contributed by atoms with Crippen LogP contribution in [0.15, 0.2) is 34.1 Å². The molecule has 3 heteroatoms. The molecule has 11 heavy (non-hydrogen) atoms. The minimum absolute atomic E-state index is 0.736. The van der Waals surface area contributed by atoms with Gasteiger partial charge in [0.25, 0.3) is 0 Å². The molecule has 0 saturated heterocycles. The molecule has 1 aromatic rings. The fourth-order valence-corrected chi connectivity index (χ4v) is 3.84. The molecule has 0 aromatic heterocycles. The molecule has 1 aliphatic heterocycles. The minimum atomic E-state index is -0.736. The summed E-state index contributed by atoms with van der Waals surface area (Å²) in [6, 6.07) is 7.94. The monoisotopic (exact) mass is 184 g/mol. The first-order valence-electron chi connectivity index (χ1n) is 3.48. The van der Waals surface area contributed by atoms with Crippen molar-refractivity contribution in [3.8, 4) is 0 Å². The average Bonchev–Trinajstić information content (AvgIpc) is 2.06. The Kier molecular flexibility index (Phi) is 2.00. The van der Waals surface area contributed by atoms with Gasteiger partial charge in [0.05, 0.1) is 15.7 Å². The van der Waals surface area contributed by atoms with Crippen molar-refractivity contribution in [2.45, 2.75) is 9.79 Å². The topological polar surface area (TPSA) is 17.1 Å². The molecule has 1 atom stereocenters. The number of hydrogen-bond donors (Lipinski definition) is 0. The molecule has 2 rings (SSSR count). The van der Waals surface area contributed by atoms with Gasteiger partial charge in [-0.25, -0.2) is 0 Å². The van der Waals surface area contributed by atoms with Gasteiger partial charge in [-0.1, -0.05) is 12.1 Å². The first-order valence-corrected chi connectivity index (χ1v) is 5.78. The molecule has 0 N–H and O–H groups in total. The second-order valence-corrected chi connectivity index (χ2v) is 5.02. The van der Waals surface area contributed by atoms with Crippen LogP contribution in [0.5, 0.6) is 0 Å². The van der Waals surface area contributed by atoms with Crippen molar-refractivity contribution in [1.29, 1.82) is 0 Å². The Morgan fingerprint density at radius 2 is 2.18 bits per heavy atom. The van der Waals surface area contributed by atoms with Crippen molar-refractivity contribution in [3.05, 3.63) is 24.3 Å². The van der Waals surface area contributed by atoms with E-state index in [1.54, 1.807) is 11.8 Å². The van der Waals surface area contributed by atoms with Gasteiger partial charge in [-0.15, -0.1) is 11.8 Å². The van der Waals surface area contributed by atoms with E-state index in [1.807, 2.05) is 24.3 Å². The predicted molar refractivity (Wildman–Crippen MR) is 48.4 cm³/mol. The maximum absolute atomic E-state index is 11.4. The van der Waals surface area contributed by atoms with E-state index in [4.69, 9.17) is 0 Å². The average molecular weight is 184 g/mol. The summed E-state index contributed by atoms with van der Waals surface area (Å²) in [5.74, 6) is 1.80. The number of rotatable bonds is 0. The zero-order valence-corrected chi connectivity index (χ0v) is 7.58. The second kappa shape index (κ2) is 2.99. The van der Waals surface area contributed by atoms with Crippen LogP contribution in [0.25, 0.3) is 0 Å². The Hall–Kier alpha value is -0.280. The van der Waals surface area contributed by atoms with Gasteiger partial charge in [0, 0.05) is 16.4 Å². The minimum Gasteiger partial charge on any atom is -0.254 e. The molecular weight excluding hydrogens is 176 g/mol. The van der Waals surface area contributed by atoms with Crippen LogP contribution in [0.3, 0.4) is 0 Å². The third-order valence-corrected chi connectivity index (χ3v) is 4.51. The lowest BCUT2D eigenvalue weighted by Crippen LogP contribution is -2.07. The first kappa shape index (κ1) is 7.37. The maximum atomic E-state index is 11.4. The van der Waals surface area contributed by atoms with Gasteiger partial charge in [-0.05, 0) is 12.1 Å². The summed E-state index contributed by atoms with van der Waals surface area (Å²) in [6.45, 7) is 0. The molecule has 1 unspecified atom stereocenters. The van der Waals surface area contributed by atoms with Gasteiger partial charge in [0.15, 0.2) is 0 Å². The van der Waals surface area contributed by atoms with Crippen LogP contribution in [0.2, 0.25) is 0 Å². The Morgan fingerprint density at radius 3 is 3.00 bits per heavy atom. The molecule has 1 aromatic carbocycles. The standard InChI is InChI=1S/C8H8OS2/c9-11-6-5-10-7-3-1-2-4-8(7)11/h1-4H,5-6H2. The van der Waals surface area contributed by atoms with Crippen molar-refractivity contribution < 1.29 is 4.21 Å². The smallest absolute Gasteiger partial charge is 0.0549 e. The van der Waals surface area contributed by atoms with Crippen LogP contribution in [0.1, 0.15) is 0 Å². The molecular formula is C8H8OS2. The molecule has 0 amide bonds. The zero-order chi connectivity index (χ0) is 7.68. The van der Waals surface area contributed by atoms with Crippen molar-refractivity contribution in [1.82, 2.24) is 0 Å². The number of hydrogen-bond acceptors (Lipinski definition) is 2. The molecule has 0 aliphatic carbocycles. The summed E-state index contributed by atoms with van der Waals surface area (Å²) in [5, 5.41) is 0. The number of benzene rings is 1. The lowest BCUT2D eigenvalue weighted by Gasteiger charge is -2.13. The van der Waals surface area contributed by atoms with E-state index < -0.39 is 10.8 Å². The summed E-state index contributed by atoms with van der Waals surface area (Å²) in [7, 11) is -0.736. The van der Waals surface area contributed by atoms with E-state index >= 15 is 0 Å². The third kappa shape index (κ3) is 1.35. The normalized spacial score (nSPS) is 22.7. The van der Waals surface area contributed by atoms with Crippen LogP contribution < -0.4 is 0 Å². The first-order chi connectivity index (χ1) is 5.38. The SMILES string of the molecule is O=S1CCSc2ccccc21. The van der Waals surface area contributed by atoms with Crippen molar-refractivity contribution in [3.63, 3.8) is 0 Å². The Labute approximate surface area is 72.7 Å². The molecule has 1 heterocycles. The highest BCUT2D eigenvalue weighted by Gasteiger charge is 2.14. The van der Waals surface area contributed by atoms with Crippen LogP contribution >= 0.6 is 11.8 Å². The van der Waals surface area contributed by atoms with Crippen LogP contribution in [0.4, 0.5) is 0 Å². The van der Waals surface area contributed by atoms with E-state index in [9.17, 15) is 4.21 Å². The van der Waals surface area contributed by atoms with E-state index in [0.29, 0.717) is 0 Å². The number of fused-ring (bicyclic) bond motifs is 1. The summed E-state index contributed by atoms with van der Waals surface area (Å²) in [5.41, 5.74) is 0. The Bertz CT molecular complexity index is 296. The Balaban J connectivity index is 2.52. The quantitative estimate of drug-likeness (QED) is 0.612. The fourth-order valence-electron chi connectivity index (χ4n) is 1.09. The molecule has 58 valence electrons. The van der Waals surface area contributed by atoms with E-state index in [2.05, 4.69) is 0 Å². The Morgan fingerprint density at radius 1 is 1.36 bits per heavy atom. The largest absolute Gasteiger partial charge is 0.254 e. The zero-order valence-electron chi connectivity index (χ0n) is 5.95. The molecule has 1 aliphatic rings. The van der Waals surface area contributed by atoms with Gasteiger partial charge in [0.2, 0.25) is 0 Å². The summed E-state index contributed by atoms with van der Waals surface area (Å²) >= 11 is 1.80. The molecule has 0 saturated carbocycles. The van der Waals surface area contributed by atoms with Crippen LogP contribution in [-0.4, -0.2) is 15.7 Å². The molecule has 1 nitrogen and oxygen atoms in total. The summed E-state index contributed by atoms with van der Waals surface area (Å²) < 4.78 is 11.4. The maximum Gasteiger partial charge on any atom is 0.0549 e. The van der Waals surface area contributed by atoms with Gasteiger partial charge >= 0.3 is 0 Å². The number of thioether (sulfide) groups is 1. The molecule has 0 radical (unpaired) electrons. The van der Waals surface area contributed by atoms with Gasteiger partial charge in [0.1, 0.15) is 0 Å². The van der Waals surface area contributed by atoms with Gasteiger partial charge in [-0.3, -0.25) is 4.21 Å². The fraction of sp³-hybridized carbons (Fsp3) is 0.250. The van der Waals surface area contributed by atoms with E-state index in [-0.39, 0.29) is 0 Å². The van der Waals surface area contributed by atoms with E-state index in [1.165, 1.54) is 4.90 Å². The van der Waals surface area contributed by atoms with Crippen molar-refractivity contribution >= 4 is 22.6 Å². The predicted octanol–water partition coefficient (Wildman–Crippen LogP) is 1.90. The highest BCUT2D eigenvalue weighted by atomic mass is 32.2. The summed E-state index contributed by atoms with van der Waals surface area (Å²) in [6.07, 6.45) is 0. The van der Waals surface area contributed by atoms with Crippen LogP contribution in [-0.2, 0) is 10.8 Å². The molecule has 0 fully saturated rings. The van der Waals surface area contributed by atoms with Gasteiger partial charge < -0.3 is 0 Å². The highest BCUT2D eigenvalue weighted by Crippen LogP contribution is 2.29. The van der Waals surface area contributed by atoms with Gasteiger partial charge in [-0.2, -0.15) is 0 Å². The lowest BCUT2D eigenvalue weighted by molar-refractivity contribution is 0.682. The lowest BCUT2D eigenvalue weighted by atomic mass is 10.4. The highest BCUT2D eigenvalue weighted by molar-refractivity contribution is 8.01. The summed E-state index contributed by atoms with van der Waals surface area (Å²) in [4.78, 5) is 2.21. The second-order valence-electron chi connectivity index (χ2n) is 2.34. The molecule has 0 bridgehead atoms. The third-order valence-electron chi connectivity index (χ3n) is 1.62. The van der Waals surface area contributed by atoms with Crippen molar-refractivity contribution in [2.24, 2.45) is 0 Å². The van der Waals surface area contributed by atoms with Crippen molar-refractivity contribution in [2.75, 3.05) is 11.5 Å². The molecule has 0 spiro atoms.